The molecule has 3 aromatic carbocycles. The number of H-pyrrole nitrogens is 1. The SMILES string of the molecule is CN(C)C[C@@H]1Cc2cc(Cl)ccc2N(C(=O)[C@@H](Cc2c[nH]c3ccccc23)NC(=O)C2CCN(C(=O)c3cc4ccccc4n3C)CC2)C1. The molecule has 0 unspecified atom stereocenters. The van der Waals surface area contributed by atoms with Gasteiger partial charge in [-0.3, -0.25) is 14.4 Å². The van der Waals surface area contributed by atoms with Crippen LogP contribution in [0.5, 0.6) is 0 Å². The minimum absolute atomic E-state index is 0.0268. The number of amides is 3. The maximum Gasteiger partial charge on any atom is 0.270 e. The lowest BCUT2D eigenvalue weighted by molar-refractivity contribution is -0.131. The number of aromatic amines is 1. The number of benzene rings is 3. The van der Waals surface area contributed by atoms with Crippen molar-refractivity contribution in [1.29, 1.82) is 0 Å². The number of nitrogens with zero attached hydrogens (tertiary/aromatic N) is 4. The maximum absolute atomic E-state index is 14.7. The first-order chi connectivity index (χ1) is 23.7. The van der Waals surface area contributed by atoms with E-state index in [0.717, 1.165) is 51.6 Å². The van der Waals surface area contributed by atoms with E-state index in [0.29, 0.717) is 49.6 Å². The Morgan fingerprint density at radius 3 is 2.53 bits per heavy atom. The molecule has 4 heterocycles. The van der Waals surface area contributed by atoms with Crippen LogP contribution in [0.3, 0.4) is 0 Å². The van der Waals surface area contributed by atoms with Crippen LogP contribution in [0.25, 0.3) is 21.8 Å². The van der Waals surface area contributed by atoms with E-state index in [9.17, 15) is 14.4 Å². The lowest BCUT2D eigenvalue weighted by atomic mass is 9.90. The molecule has 1 fully saturated rings. The Labute approximate surface area is 291 Å². The highest BCUT2D eigenvalue weighted by molar-refractivity contribution is 6.30. The summed E-state index contributed by atoms with van der Waals surface area (Å²) in [5, 5.41) is 5.91. The fourth-order valence-corrected chi connectivity index (χ4v) is 7.95. The van der Waals surface area contributed by atoms with Crippen LogP contribution in [0, 0.1) is 11.8 Å². The number of para-hydroxylation sites is 2. The van der Waals surface area contributed by atoms with Crippen LogP contribution in [0.15, 0.2) is 79.0 Å². The number of fused-ring (bicyclic) bond motifs is 3. The molecule has 0 bridgehead atoms. The number of hydrogen-bond donors (Lipinski definition) is 2. The van der Waals surface area contributed by atoms with Crippen LogP contribution >= 0.6 is 11.6 Å². The summed E-state index contributed by atoms with van der Waals surface area (Å²) in [6.45, 7) is 2.34. The van der Waals surface area contributed by atoms with Crippen LogP contribution < -0.4 is 10.2 Å². The summed E-state index contributed by atoms with van der Waals surface area (Å²) in [6.07, 6.45) is 4.18. The van der Waals surface area contributed by atoms with Crippen LogP contribution in [0.1, 0.15) is 34.5 Å². The van der Waals surface area contributed by atoms with Gasteiger partial charge >= 0.3 is 0 Å². The van der Waals surface area contributed by atoms with Crippen LogP contribution in [-0.4, -0.2) is 83.4 Å². The summed E-state index contributed by atoms with van der Waals surface area (Å²) in [7, 11) is 6.00. The minimum Gasteiger partial charge on any atom is -0.361 e. The number of carbonyl (C=O) groups excluding carboxylic acids is 3. The zero-order valence-electron chi connectivity index (χ0n) is 28.3. The first-order valence-corrected chi connectivity index (χ1v) is 17.5. The molecule has 49 heavy (non-hydrogen) atoms. The third-order valence-corrected chi connectivity index (χ3v) is 10.4. The molecule has 0 saturated carbocycles. The largest absolute Gasteiger partial charge is 0.361 e. The fourth-order valence-electron chi connectivity index (χ4n) is 7.76. The summed E-state index contributed by atoms with van der Waals surface area (Å²) in [4.78, 5) is 51.4. The second-order valence-electron chi connectivity index (χ2n) is 13.9. The second kappa shape index (κ2) is 13.7. The van der Waals surface area contributed by atoms with Crippen molar-refractivity contribution in [3.63, 3.8) is 0 Å². The number of nitrogens with one attached hydrogen (secondary N) is 2. The molecule has 0 radical (unpaired) electrons. The van der Waals surface area contributed by atoms with Crippen molar-refractivity contribution < 1.29 is 14.4 Å². The molecule has 2 aliphatic rings. The van der Waals surface area contributed by atoms with Crippen molar-refractivity contribution in [1.82, 2.24) is 24.7 Å². The van der Waals surface area contributed by atoms with E-state index in [2.05, 4.69) is 15.2 Å². The highest BCUT2D eigenvalue weighted by Gasteiger charge is 2.36. The molecule has 9 nitrogen and oxygen atoms in total. The summed E-state index contributed by atoms with van der Waals surface area (Å²) >= 11 is 6.42. The molecule has 0 aliphatic carbocycles. The maximum atomic E-state index is 14.7. The average Bonchev–Trinajstić information content (AvgIpc) is 3.67. The zero-order chi connectivity index (χ0) is 34.2. The number of piperidine rings is 1. The number of aromatic nitrogens is 2. The average molecular weight is 679 g/mol. The molecule has 3 amide bonds. The van der Waals surface area contributed by atoms with Gasteiger partial charge in [0.05, 0.1) is 0 Å². The van der Waals surface area contributed by atoms with Gasteiger partial charge in [0.1, 0.15) is 11.7 Å². The predicted octanol–water partition coefficient (Wildman–Crippen LogP) is 5.66. The smallest absolute Gasteiger partial charge is 0.270 e. The first-order valence-electron chi connectivity index (χ1n) is 17.1. The van der Waals surface area contributed by atoms with E-state index >= 15 is 0 Å². The molecule has 2 atom stereocenters. The van der Waals surface area contributed by atoms with Crippen LogP contribution in [-0.2, 0) is 29.5 Å². The van der Waals surface area contributed by atoms with Gasteiger partial charge in [0.2, 0.25) is 11.8 Å². The van der Waals surface area contributed by atoms with E-state index < -0.39 is 6.04 Å². The zero-order valence-corrected chi connectivity index (χ0v) is 29.0. The second-order valence-corrected chi connectivity index (χ2v) is 14.3. The van der Waals surface area contributed by atoms with E-state index in [1.54, 1.807) is 0 Å². The van der Waals surface area contributed by atoms with Crippen LogP contribution in [0.4, 0.5) is 5.69 Å². The number of rotatable bonds is 8. The van der Waals surface area contributed by atoms with Gasteiger partial charge in [0.15, 0.2) is 0 Å². The minimum atomic E-state index is -0.774. The molecular formula is C39H43ClN6O3. The van der Waals surface area contributed by atoms with Crippen molar-refractivity contribution in [2.45, 2.75) is 31.7 Å². The van der Waals surface area contributed by atoms with E-state index in [1.807, 2.05) is 115 Å². The molecule has 7 rings (SSSR count). The normalized spacial score (nSPS) is 17.4. The van der Waals surface area contributed by atoms with Gasteiger partial charge in [-0.05, 0) is 86.8 Å². The number of carbonyl (C=O) groups is 3. The molecule has 2 aliphatic heterocycles. The lowest BCUT2D eigenvalue weighted by Crippen LogP contribution is -2.54. The van der Waals surface area contributed by atoms with E-state index in [4.69, 9.17) is 11.6 Å². The molecule has 10 heteroatoms. The Hall–Kier alpha value is -4.60. The van der Waals surface area contributed by atoms with Gasteiger partial charge in [0.25, 0.3) is 5.91 Å². The first kappa shape index (κ1) is 32.9. The van der Waals surface area contributed by atoms with Crippen molar-refractivity contribution in [3.8, 4) is 0 Å². The molecular weight excluding hydrogens is 636 g/mol. The number of hydrogen-bond acceptors (Lipinski definition) is 4. The number of aryl methyl sites for hydroxylation is 1. The van der Waals surface area contributed by atoms with Gasteiger partial charge < -0.3 is 29.6 Å². The standard InChI is InChI=1S/C39H43ClN6O3/c1-43(2)23-25-18-28-19-30(40)12-13-35(28)46(24-25)38(48)33(20-29-22-41-32-10-6-5-9-31(29)32)42-37(47)26-14-16-45(17-15-26)39(49)36-21-27-8-4-7-11-34(27)44(36)3/h4-13,19,21-22,25-26,33,41H,14-18,20,23-24H2,1-3H3,(H,42,47)/t25-,33+/m0/s1. The third-order valence-electron chi connectivity index (χ3n) is 10.2. The van der Waals surface area contributed by atoms with Gasteiger partial charge in [-0.25, -0.2) is 0 Å². The topological polar surface area (TPSA) is 93.7 Å². The molecule has 5 aromatic rings. The quantitative estimate of drug-likeness (QED) is 0.222. The van der Waals surface area contributed by atoms with Gasteiger partial charge in [-0.1, -0.05) is 48.0 Å². The Balaban J connectivity index is 1.11. The highest BCUT2D eigenvalue weighted by Crippen LogP contribution is 2.33. The Morgan fingerprint density at radius 1 is 1.00 bits per heavy atom. The summed E-state index contributed by atoms with van der Waals surface area (Å²) in [5.41, 5.74) is 5.51. The Morgan fingerprint density at radius 2 is 1.76 bits per heavy atom. The molecule has 1 saturated heterocycles. The molecule has 0 spiro atoms. The van der Waals surface area contributed by atoms with Crippen molar-refractivity contribution in [2.24, 2.45) is 18.9 Å². The lowest BCUT2D eigenvalue weighted by Gasteiger charge is -2.38. The summed E-state index contributed by atoms with van der Waals surface area (Å²) < 4.78 is 1.94. The monoisotopic (exact) mass is 678 g/mol. The Kier molecular flexibility index (Phi) is 9.22. The molecule has 254 valence electrons. The van der Waals surface area contributed by atoms with Crippen molar-refractivity contribution in [3.05, 3.63) is 101 Å². The summed E-state index contributed by atoms with van der Waals surface area (Å²) in [5.74, 6) is -0.384. The van der Waals surface area contributed by atoms with Gasteiger partial charge in [0, 0.05) is 84.3 Å². The summed E-state index contributed by atoms with van der Waals surface area (Å²) in [6, 6.07) is 22.9. The van der Waals surface area contributed by atoms with Gasteiger partial charge in [-0.15, -0.1) is 0 Å². The number of likely N-dealkylation sites (tertiary alicyclic amines) is 1. The molecule has 2 aromatic heterocycles. The fraction of sp³-hybridized carbons (Fsp3) is 0.359. The van der Waals surface area contributed by atoms with Gasteiger partial charge in [-0.2, -0.15) is 0 Å². The number of anilines is 1. The van der Waals surface area contributed by atoms with Crippen LogP contribution in [0.2, 0.25) is 5.02 Å². The molecule has 2 N–H and O–H groups in total. The van der Waals surface area contributed by atoms with Crippen molar-refractivity contribution >= 4 is 56.8 Å². The van der Waals surface area contributed by atoms with E-state index in [1.165, 1.54) is 0 Å². The highest BCUT2D eigenvalue weighted by atomic mass is 35.5. The predicted molar refractivity (Wildman–Crippen MR) is 195 cm³/mol. The number of halogens is 1. The Bertz CT molecular complexity index is 2020. The van der Waals surface area contributed by atoms with Crippen molar-refractivity contribution in [2.75, 3.05) is 45.2 Å². The van der Waals surface area contributed by atoms with E-state index in [-0.39, 0.29) is 29.6 Å². The third kappa shape index (κ3) is 6.70.